The summed E-state index contributed by atoms with van der Waals surface area (Å²) in [6.07, 6.45) is 0.948. The van der Waals surface area contributed by atoms with Gasteiger partial charge in [0.25, 0.3) is 0 Å². The molecule has 4 nitrogen and oxygen atoms in total. The van der Waals surface area contributed by atoms with Crippen molar-refractivity contribution in [3.8, 4) is 17.2 Å². The Morgan fingerprint density at radius 1 is 1.18 bits per heavy atom. The Morgan fingerprint density at radius 2 is 1.95 bits per heavy atom. The fraction of sp³-hybridized carbons (Fsp3) is 0.176. The molecular formula is C17H14ClNO3. The molecule has 0 bridgehead atoms. The summed E-state index contributed by atoms with van der Waals surface area (Å²) in [6, 6.07) is 12.2. The lowest BCUT2D eigenvalue weighted by Crippen LogP contribution is -2.02. The number of halogens is 1. The molecule has 1 heterocycles. The van der Waals surface area contributed by atoms with Gasteiger partial charge in [0.2, 0.25) is 5.89 Å². The van der Waals surface area contributed by atoms with Crippen LogP contribution in [0.3, 0.4) is 0 Å². The van der Waals surface area contributed by atoms with Gasteiger partial charge in [-0.2, -0.15) is 0 Å². The maximum absolute atomic E-state index is 12.0. The van der Waals surface area contributed by atoms with Crippen molar-refractivity contribution < 1.29 is 9.15 Å². The van der Waals surface area contributed by atoms with Crippen LogP contribution < -0.4 is 10.4 Å². The van der Waals surface area contributed by atoms with Gasteiger partial charge in [-0.05, 0) is 48.9 Å². The molecule has 0 aliphatic carbocycles. The van der Waals surface area contributed by atoms with E-state index in [0.717, 1.165) is 12.2 Å². The highest BCUT2D eigenvalue weighted by atomic mass is 35.5. The van der Waals surface area contributed by atoms with Crippen LogP contribution in [0.25, 0.3) is 22.4 Å². The van der Waals surface area contributed by atoms with Crippen molar-refractivity contribution in [3.05, 3.63) is 57.9 Å². The SMILES string of the molecule is CCCOc1ccc(-c2nc3cc(Cl)ccc3c(=O)o2)cc1. The van der Waals surface area contributed by atoms with Crippen molar-refractivity contribution in [2.75, 3.05) is 6.61 Å². The van der Waals surface area contributed by atoms with E-state index in [1.54, 1.807) is 18.2 Å². The summed E-state index contributed by atoms with van der Waals surface area (Å²) in [6.45, 7) is 2.72. The van der Waals surface area contributed by atoms with Crippen LogP contribution in [0.1, 0.15) is 13.3 Å². The molecule has 0 amide bonds. The highest BCUT2D eigenvalue weighted by molar-refractivity contribution is 6.31. The molecule has 112 valence electrons. The average molecular weight is 316 g/mol. The maximum atomic E-state index is 12.0. The number of fused-ring (bicyclic) bond motifs is 1. The van der Waals surface area contributed by atoms with Gasteiger partial charge < -0.3 is 9.15 Å². The normalized spacial score (nSPS) is 10.8. The van der Waals surface area contributed by atoms with Crippen LogP contribution in [-0.2, 0) is 0 Å². The van der Waals surface area contributed by atoms with Crippen molar-refractivity contribution in [2.45, 2.75) is 13.3 Å². The molecule has 0 saturated heterocycles. The Hall–Kier alpha value is -2.33. The van der Waals surface area contributed by atoms with Crippen LogP contribution in [0.2, 0.25) is 5.02 Å². The molecule has 0 N–H and O–H groups in total. The molecule has 3 aromatic rings. The van der Waals surface area contributed by atoms with Gasteiger partial charge in [0.15, 0.2) is 0 Å². The quantitative estimate of drug-likeness (QED) is 0.720. The smallest absolute Gasteiger partial charge is 0.347 e. The van der Waals surface area contributed by atoms with Crippen LogP contribution >= 0.6 is 11.6 Å². The Balaban J connectivity index is 2.00. The van der Waals surface area contributed by atoms with Crippen molar-refractivity contribution in [3.63, 3.8) is 0 Å². The third kappa shape index (κ3) is 2.97. The number of aromatic nitrogens is 1. The van der Waals surface area contributed by atoms with Gasteiger partial charge in [-0.25, -0.2) is 9.78 Å². The number of rotatable bonds is 4. The van der Waals surface area contributed by atoms with Crippen LogP contribution in [0, 0.1) is 0 Å². The molecule has 0 atom stereocenters. The molecule has 3 rings (SSSR count). The molecule has 0 saturated carbocycles. The van der Waals surface area contributed by atoms with Gasteiger partial charge in [0.05, 0.1) is 17.5 Å². The summed E-state index contributed by atoms with van der Waals surface area (Å²) in [7, 11) is 0. The van der Waals surface area contributed by atoms with E-state index in [0.29, 0.717) is 28.1 Å². The average Bonchev–Trinajstić information content (AvgIpc) is 2.53. The first kappa shape index (κ1) is 14.6. The van der Waals surface area contributed by atoms with Crippen LogP contribution in [-0.4, -0.2) is 11.6 Å². The van der Waals surface area contributed by atoms with Crippen molar-refractivity contribution in [2.24, 2.45) is 0 Å². The van der Waals surface area contributed by atoms with Crippen molar-refractivity contribution >= 4 is 22.5 Å². The van der Waals surface area contributed by atoms with Gasteiger partial charge in [0.1, 0.15) is 5.75 Å². The second kappa shape index (κ2) is 6.20. The highest BCUT2D eigenvalue weighted by Gasteiger charge is 2.09. The van der Waals surface area contributed by atoms with Crippen LogP contribution in [0.5, 0.6) is 5.75 Å². The van der Waals surface area contributed by atoms with Crippen molar-refractivity contribution in [1.29, 1.82) is 0 Å². The standard InChI is InChI=1S/C17H14ClNO3/c1-2-9-21-13-6-3-11(4-7-13)16-19-15-10-12(18)5-8-14(15)17(20)22-16/h3-8,10H,2,9H2,1H3. The van der Waals surface area contributed by atoms with E-state index in [1.807, 2.05) is 31.2 Å². The first-order valence-electron chi connectivity index (χ1n) is 7.01. The number of hydrogen-bond acceptors (Lipinski definition) is 4. The molecule has 0 aliphatic rings. The largest absolute Gasteiger partial charge is 0.494 e. The summed E-state index contributed by atoms with van der Waals surface area (Å²) in [5, 5.41) is 0.941. The Morgan fingerprint density at radius 3 is 2.68 bits per heavy atom. The van der Waals surface area contributed by atoms with Crippen LogP contribution in [0.4, 0.5) is 0 Å². The molecule has 22 heavy (non-hydrogen) atoms. The predicted octanol–water partition coefficient (Wildman–Crippen LogP) is 4.30. The summed E-state index contributed by atoms with van der Waals surface area (Å²) < 4.78 is 10.8. The monoisotopic (exact) mass is 315 g/mol. The predicted molar refractivity (Wildman–Crippen MR) is 86.5 cm³/mol. The minimum absolute atomic E-state index is 0.266. The molecule has 0 spiro atoms. The van der Waals surface area contributed by atoms with Gasteiger partial charge in [-0.15, -0.1) is 0 Å². The van der Waals surface area contributed by atoms with Gasteiger partial charge in [-0.1, -0.05) is 18.5 Å². The minimum Gasteiger partial charge on any atom is -0.494 e. The van der Waals surface area contributed by atoms with Gasteiger partial charge in [0, 0.05) is 10.6 Å². The van der Waals surface area contributed by atoms with E-state index in [2.05, 4.69) is 4.98 Å². The fourth-order valence-corrected chi connectivity index (χ4v) is 2.25. The second-order valence-corrected chi connectivity index (χ2v) is 5.28. The topological polar surface area (TPSA) is 52.3 Å². The first-order chi connectivity index (χ1) is 10.7. The van der Waals surface area contributed by atoms with Gasteiger partial charge >= 0.3 is 5.63 Å². The van der Waals surface area contributed by atoms with Crippen LogP contribution in [0.15, 0.2) is 51.7 Å². The molecular weight excluding hydrogens is 302 g/mol. The summed E-state index contributed by atoms with van der Waals surface area (Å²) in [5.41, 5.74) is 0.802. The lowest BCUT2D eigenvalue weighted by molar-refractivity contribution is 0.317. The van der Waals surface area contributed by atoms with E-state index < -0.39 is 5.63 Å². The lowest BCUT2D eigenvalue weighted by Gasteiger charge is -2.05. The first-order valence-corrected chi connectivity index (χ1v) is 7.39. The number of benzene rings is 2. The number of ether oxygens (including phenoxy) is 1. The molecule has 1 aromatic heterocycles. The Bertz CT molecular complexity index is 856. The Labute approximate surface area is 132 Å². The number of nitrogens with zero attached hydrogens (tertiary/aromatic N) is 1. The minimum atomic E-state index is -0.428. The van der Waals surface area contributed by atoms with Crippen molar-refractivity contribution in [1.82, 2.24) is 4.98 Å². The molecule has 2 aromatic carbocycles. The third-order valence-electron chi connectivity index (χ3n) is 3.17. The van der Waals surface area contributed by atoms with E-state index in [9.17, 15) is 4.79 Å². The molecule has 5 heteroatoms. The fourth-order valence-electron chi connectivity index (χ4n) is 2.08. The molecule has 0 aliphatic heterocycles. The Kier molecular flexibility index (Phi) is 4.11. The summed E-state index contributed by atoms with van der Waals surface area (Å²) in [4.78, 5) is 16.4. The third-order valence-corrected chi connectivity index (χ3v) is 3.40. The molecule has 0 fully saturated rings. The zero-order chi connectivity index (χ0) is 15.5. The zero-order valence-electron chi connectivity index (χ0n) is 12.0. The van der Waals surface area contributed by atoms with E-state index in [-0.39, 0.29) is 5.89 Å². The van der Waals surface area contributed by atoms with E-state index in [4.69, 9.17) is 20.8 Å². The summed E-state index contributed by atoms with van der Waals surface area (Å²) >= 11 is 5.95. The number of hydrogen-bond donors (Lipinski definition) is 0. The summed E-state index contributed by atoms with van der Waals surface area (Å²) in [5.74, 6) is 1.04. The molecule has 0 radical (unpaired) electrons. The van der Waals surface area contributed by atoms with E-state index >= 15 is 0 Å². The maximum Gasteiger partial charge on any atom is 0.347 e. The highest BCUT2D eigenvalue weighted by Crippen LogP contribution is 2.23. The second-order valence-electron chi connectivity index (χ2n) is 4.84. The molecule has 0 unspecified atom stereocenters. The van der Waals surface area contributed by atoms with E-state index in [1.165, 1.54) is 0 Å². The lowest BCUT2D eigenvalue weighted by atomic mass is 10.2. The van der Waals surface area contributed by atoms with Gasteiger partial charge in [-0.3, -0.25) is 0 Å². The zero-order valence-corrected chi connectivity index (χ0v) is 12.8.